The highest BCUT2D eigenvalue weighted by Gasteiger charge is 2.08. The van der Waals surface area contributed by atoms with Crippen LogP contribution in [0.5, 0.6) is 0 Å². The lowest BCUT2D eigenvalue weighted by Crippen LogP contribution is -2.00. The molecule has 2 N–H and O–H groups in total. The Hall–Kier alpha value is -1.33. The molecule has 0 bridgehead atoms. The van der Waals surface area contributed by atoms with E-state index in [1.807, 2.05) is 31.2 Å². The number of benzene rings is 1. The van der Waals surface area contributed by atoms with Gasteiger partial charge in [0.15, 0.2) is 0 Å². The number of aromatic nitrogens is 2. The third kappa shape index (κ3) is 2.62. The number of rotatable bonds is 4. The molecule has 0 amide bonds. The average Bonchev–Trinajstić information content (AvgIpc) is 2.75. The minimum Gasteiger partial charge on any atom is -0.411 e. The number of hydrogen-bond acceptors (Lipinski definition) is 5. The van der Waals surface area contributed by atoms with Crippen molar-refractivity contribution in [3.05, 3.63) is 29.8 Å². The summed E-state index contributed by atoms with van der Waals surface area (Å²) in [5.41, 5.74) is 7.53. The zero-order chi connectivity index (χ0) is 11.4. The Kier molecular flexibility index (Phi) is 3.58. The molecule has 0 spiro atoms. The van der Waals surface area contributed by atoms with Gasteiger partial charge in [-0.15, -0.1) is 10.2 Å². The molecule has 1 aromatic heterocycles. The maximum Gasteiger partial charge on any atom is 0.276 e. The second-order valence-electron chi connectivity index (χ2n) is 3.38. The maximum atomic E-state index is 5.51. The Balaban J connectivity index is 2.18. The van der Waals surface area contributed by atoms with Crippen LogP contribution in [0.25, 0.3) is 11.5 Å². The average molecular weight is 235 g/mol. The number of nitrogens with two attached hydrogens (primary N) is 1. The highest BCUT2D eigenvalue weighted by molar-refractivity contribution is 7.99. The highest BCUT2D eigenvalue weighted by Crippen LogP contribution is 2.23. The van der Waals surface area contributed by atoms with E-state index in [0.29, 0.717) is 17.7 Å². The van der Waals surface area contributed by atoms with Crippen LogP contribution in [-0.4, -0.2) is 22.5 Å². The monoisotopic (exact) mass is 235 g/mol. The van der Waals surface area contributed by atoms with Crippen molar-refractivity contribution < 1.29 is 4.42 Å². The Bertz CT molecular complexity index is 470. The first kappa shape index (κ1) is 11.2. The summed E-state index contributed by atoms with van der Waals surface area (Å²) in [5.74, 6) is 1.35. The summed E-state index contributed by atoms with van der Waals surface area (Å²) in [6.07, 6.45) is 0. The van der Waals surface area contributed by atoms with Crippen molar-refractivity contribution in [3.63, 3.8) is 0 Å². The molecule has 0 fully saturated rings. The summed E-state index contributed by atoms with van der Waals surface area (Å²) in [6.45, 7) is 2.64. The highest BCUT2D eigenvalue weighted by atomic mass is 32.2. The molecule has 4 nitrogen and oxygen atoms in total. The summed E-state index contributed by atoms with van der Waals surface area (Å²) in [5, 5.41) is 8.52. The van der Waals surface area contributed by atoms with E-state index >= 15 is 0 Å². The molecule has 16 heavy (non-hydrogen) atoms. The van der Waals surface area contributed by atoms with Crippen LogP contribution in [0.2, 0.25) is 0 Å². The molecule has 1 aromatic carbocycles. The smallest absolute Gasteiger partial charge is 0.276 e. The molecule has 2 aromatic rings. The van der Waals surface area contributed by atoms with Crippen LogP contribution in [0.1, 0.15) is 5.56 Å². The van der Waals surface area contributed by atoms with Crippen LogP contribution in [0.4, 0.5) is 0 Å². The first-order valence-electron chi connectivity index (χ1n) is 5.03. The van der Waals surface area contributed by atoms with Gasteiger partial charge in [-0.1, -0.05) is 29.5 Å². The molecule has 0 aliphatic heterocycles. The predicted molar refractivity (Wildman–Crippen MR) is 64.2 cm³/mol. The number of thioether (sulfide) groups is 1. The van der Waals surface area contributed by atoms with Gasteiger partial charge in [0, 0.05) is 17.9 Å². The van der Waals surface area contributed by atoms with Crippen LogP contribution >= 0.6 is 11.8 Å². The topological polar surface area (TPSA) is 64.9 Å². The van der Waals surface area contributed by atoms with Crippen molar-refractivity contribution >= 4 is 11.8 Å². The van der Waals surface area contributed by atoms with Crippen LogP contribution < -0.4 is 5.73 Å². The van der Waals surface area contributed by atoms with Gasteiger partial charge < -0.3 is 10.2 Å². The van der Waals surface area contributed by atoms with Gasteiger partial charge in [-0.25, -0.2) is 0 Å². The standard InChI is InChI=1S/C11H13N3OS/c1-8-3-2-4-9(7-8)10-13-14-11(15-10)16-6-5-12/h2-4,7H,5-6,12H2,1H3. The molecular weight excluding hydrogens is 222 g/mol. The van der Waals surface area contributed by atoms with Gasteiger partial charge in [0.05, 0.1) is 0 Å². The zero-order valence-electron chi connectivity index (χ0n) is 9.01. The van der Waals surface area contributed by atoms with Crippen molar-refractivity contribution in [3.8, 4) is 11.5 Å². The Morgan fingerprint density at radius 1 is 1.38 bits per heavy atom. The molecule has 0 unspecified atom stereocenters. The maximum absolute atomic E-state index is 5.51. The fourth-order valence-electron chi connectivity index (χ4n) is 1.31. The van der Waals surface area contributed by atoms with Crippen molar-refractivity contribution in [2.24, 2.45) is 5.73 Å². The van der Waals surface area contributed by atoms with Crippen LogP contribution in [0, 0.1) is 6.92 Å². The Labute approximate surface area is 98.2 Å². The Morgan fingerprint density at radius 3 is 3.00 bits per heavy atom. The second kappa shape index (κ2) is 5.14. The van der Waals surface area contributed by atoms with E-state index in [1.165, 1.54) is 17.3 Å². The first-order chi connectivity index (χ1) is 7.79. The molecule has 2 rings (SSSR count). The van der Waals surface area contributed by atoms with Crippen molar-refractivity contribution in [2.75, 3.05) is 12.3 Å². The van der Waals surface area contributed by atoms with Crippen LogP contribution in [0.3, 0.4) is 0 Å². The normalized spacial score (nSPS) is 10.6. The van der Waals surface area contributed by atoms with E-state index in [4.69, 9.17) is 10.2 Å². The van der Waals surface area contributed by atoms with Gasteiger partial charge in [-0.05, 0) is 19.1 Å². The van der Waals surface area contributed by atoms with Gasteiger partial charge >= 0.3 is 0 Å². The molecule has 0 aliphatic rings. The van der Waals surface area contributed by atoms with E-state index in [-0.39, 0.29) is 0 Å². The zero-order valence-corrected chi connectivity index (χ0v) is 9.83. The minimum absolute atomic E-state index is 0.559. The number of hydrogen-bond donors (Lipinski definition) is 1. The Morgan fingerprint density at radius 2 is 2.25 bits per heavy atom. The van der Waals surface area contributed by atoms with Gasteiger partial charge in [-0.2, -0.15) is 0 Å². The summed E-state index contributed by atoms with van der Waals surface area (Å²) in [6, 6.07) is 7.98. The fourth-order valence-corrected chi connectivity index (χ4v) is 1.84. The van der Waals surface area contributed by atoms with E-state index in [0.717, 1.165) is 11.3 Å². The molecule has 5 heteroatoms. The lowest BCUT2D eigenvalue weighted by atomic mass is 10.1. The van der Waals surface area contributed by atoms with Gasteiger partial charge in [0.1, 0.15) is 0 Å². The minimum atomic E-state index is 0.559. The molecule has 0 aliphatic carbocycles. The second-order valence-corrected chi connectivity index (χ2v) is 4.43. The van der Waals surface area contributed by atoms with Crippen LogP contribution in [0.15, 0.2) is 33.9 Å². The van der Waals surface area contributed by atoms with Crippen molar-refractivity contribution in [1.29, 1.82) is 0 Å². The molecular formula is C11H13N3OS. The summed E-state index contributed by atoms with van der Waals surface area (Å²) in [7, 11) is 0. The molecule has 0 radical (unpaired) electrons. The molecule has 1 heterocycles. The summed E-state index contributed by atoms with van der Waals surface area (Å²) in [4.78, 5) is 0. The number of aryl methyl sites for hydroxylation is 1. The molecule has 0 saturated carbocycles. The summed E-state index contributed by atoms with van der Waals surface area (Å²) < 4.78 is 5.51. The number of nitrogens with zero attached hydrogens (tertiary/aromatic N) is 2. The third-order valence-electron chi connectivity index (χ3n) is 2.01. The fraction of sp³-hybridized carbons (Fsp3) is 0.273. The van der Waals surface area contributed by atoms with Gasteiger partial charge in [0.25, 0.3) is 5.22 Å². The van der Waals surface area contributed by atoms with E-state index in [1.54, 1.807) is 0 Å². The van der Waals surface area contributed by atoms with E-state index < -0.39 is 0 Å². The van der Waals surface area contributed by atoms with Crippen molar-refractivity contribution in [2.45, 2.75) is 12.1 Å². The SMILES string of the molecule is Cc1cccc(-c2nnc(SCCN)o2)c1. The first-order valence-corrected chi connectivity index (χ1v) is 6.01. The molecule has 0 saturated heterocycles. The van der Waals surface area contributed by atoms with Crippen LogP contribution in [-0.2, 0) is 0 Å². The third-order valence-corrected chi connectivity index (χ3v) is 2.87. The molecule has 84 valence electrons. The van der Waals surface area contributed by atoms with Crippen molar-refractivity contribution in [1.82, 2.24) is 10.2 Å². The largest absolute Gasteiger partial charge is 0.411 e. The lowest BCUT2D eigenvalue weighted by molar-refractivity contribution is 0.466. The predicted octanol–water partition coefficient (Wildman–Crippen LogP) is 2.10. The van der Waals surface area contributed by atoms with E-state index in [9.17, 15) is 0 Å². The molecule has 0 atom stereocenters. The quantitative estimate of drug-likeness (QED) is 0.822. The summed E-state index contributed by atoms with van der Waals surface area (Å²) >= 11 is 1.47. The van der Waals surface area contributed by atoms with Gasteiger partial charge in [-0.3, -0.25) is 0 Å². The van der Waals surface area contributed by atoms with Gasteiger partial charge in [0.2, 0.25) is 5.89 Å². The van der Waals surface area contributed by atoms with E-state index in [2.05, 4.69) is 10.2 Å². The lowest BCUT2D eigenvalue weighted by Gasteiger charge is -1.95.